The van der Waals surface area contributed by atoms with E-state index in [4.69, 9.17) is 9.47 Å². The second-order valence-corrected chi connectivity index (χ2v) is 6.80. The highest BCUT2D eigenvalue weighted by atomic mass is 32.2. The van der Waals surface area contributed by atoms with Crippen LogP contribution in [0.5, 0.6) is 11.5 Å². The lowest BCUT2D eigenvalue weighted by molar-refractivity contribution is 0.102. The monoisotopic (exact) mass is 371 g/mol. The van der Waals surface area contributed by atoms with Crippen molar-refractivity contribution in [1.82, 2.24) is 0 Å². The second-order valence-electron chi connectivity index (χ2n) is 4.89. The maximum Gasteiger partial charge on any atom is 0.341 e. The molecule has 0 radical (unpaired) electrons. The van der Waals surface area contributed by atoms with Gasteiger partial charge in [-0.3, -0.25) is 4.79 Å². The van der Waals surface area contributed by atoms with Gasteiger partial charge in [0.2, 0.25) is 9.84 Å². The third kappa shape index (κ3) is 4.24. The van der Waals surface area contributed by atoms with Crippen LogP contribution in [0.1, 0.15) is 10.4 Å². The van der Waals surface area contributed by atoms with Crippen LogP contribution in [0.2, 0.25) is 0 Å². The molecule has 0 unspecified atom stereocenters. The molecule has 0 fully saturated rings. The summed E-state index contributed by atoms with van der Waals surface area (Å²) in [7, 11) is -1.79. The van der Waals surface area contributed by atoms with E-state index in [2.05, 4.69) is 5.32 Å². The largest absolute Gasteiger partial charge is 0.497 e. The lowest BCUT2D eigenvalue weighted by atomic mass is 10.2. The maximum absolute atomic E-state index is 12.5. The SMILES string of the molecule is COc1cc(OC)cc(C(=O)Nc2ccc(S(=O)(=O)C(F)F)cc2)c1. The first kappa shape index (κ1) is 18.7. The molecule has 25 heavy (non-hydrogen) atoms. The zero-order chi connectivity index (χ0) is 18.6. The quantitative estimate of drug-likeness (QED) is 0.844. The Morgan fingerprint density at radius 2 is 1.52 bits per heavy atom. The Balaban J connectivity index is 2.21. The third-order valence-electron chi connectivity index (χ3n) is 3.29. The number of carbonyl (C=O) groups excluding carboxylic acids is 1. The van der Waals surface area contributed by atoms with Gasteiger partial charge in [0.25, 0.3) is 5.91 Å². The van der Waals surface area contributed by atoms with Crippen molar-refractivity contribution in [1.29, 1.82) is 0 Å². The van der Waals surface area contributed by atoms with Gasteiger partial charge in [0.05, 0.1) is 19.1 Å². The predicted molar refractivity (Wildman–Crippen MR) is 87.1 cm³/mol. The summed E-state index contributed by atoms with van der Waals surface area (Å²) in [5, 5.41) is 2.54. The summed E-state index contributed by atoms with van der Waals surface area (Å²) in [6.45, 7) is 0. The van der Waals surface area contributed by atoms with Crippen LogP contribution in [0, 0.1) is 0 Å². The number of benzene rings is 2. The molecule has 9 heteroatoms. The van der Waals surface area contributed by atoms with E-state index in [0.717, 1.165) is 12.1 Å². The number of hydrogen-bond donors (Lipinski definition) is 1. The number of nitrogens with one attached hydrogen (secondary N) is 1. The van der Waals surface area contributed by atoms with Gasteiger partial charge in [0.1, 0.15) is 11.5 Å². The van der Waals surface area contributed by atoms with Crippen molar-refractivity contribution in [2.45, 2.75) is 10.7 Å². The predicted octanol–water partition coefficient (Wildman–Crippen LogP) is 2.95. The van der Waals surface area contributed by atoms with Gasteiger partial charge in [-0.25, -0.2) is 8.42 Å². The average Bonchev–Trinajstić information content (AvgIpc) is 2.61. The standard InChI is InChI=1S/C16H15F2NO5S/c1-23-12-7-10(8-13(9-12)24-2)15(20)19-11-3-5-14(6-4-11)25(21,22)16(17)18/h3-9,16H,1-2H3,(H,19,20). The number of alkyl halides is 2. The fourth-order valence-electron chi connectivity index (χ4n) is 1.97. The normalized spacial score (nSPS) is 11.2. The van der Waals surface area contributed by atoms with Crippen molar-refractivity contribution in [2.24, 2.45) is 0 Å². The molecule has 0 saturated heterocycles. The van der Waals surface area contributed by atoms with Gasteiger partial charge in [0.15, 0.2) is 0 Å². The van der Waals surface area contributed by atoms with E-state index in [-0.39, 0.29) is 11.3 Å². The highest BCUT2D eigenvalue weighted by molar-refractivity contribution is 7.91. The molecule has 0 aliphatic heterocycles. The molecule has 0 bridgehead atoms. The van der Waals surface area contributed by atoms with Crippen LogP contribution in [0.4, 0.5) is 14.5 Å². The summed E-state index contributed by atoms with van der Waals surface area (Å²) in [4.78, 5) is 11.8. The van der Waals surface area contributed by atoms with E-state index < -0.39 is 26.4 Å². The number of anilines is 1. The molecule has 1 amide bonds. The van der Waals surface area contributed by atoms with Crippen LogP contribution >= 0.6 is 0 Å². The molecule has 2 rings (SSSR count). The van der Waals surface area contributed by atoms with E-state index in [9.17, 15) is 22.0 Å². The molecule has 2 aromatic carbocycles. The molecule has 0 atom stereocenters. The number of ether oxygens (including phenoxy) is 2. The van der Waals surface area contributed by atoms with Gasteiger partial charge in [-0.1, -0.05) is 0 Å². The summed E-state index contributed by atoms with van der Waals surface area (Å²) in [5.41, 5.74) is 0.500. The van der Waals surface area contributed by atoms with Crippen molar-refractivity contribution in [3.8, 4) is 11.5 Å². The molecule has 1 N–H and O–H groups in total. The van der Waals surface area contributed by atoms with Gasteiger partial charge in [-0.15, -0.1) is 0 Å². The lowest BCUT2D eigenvalue weighted by Crippen LogP contribution is -2.13. The minimum absolute atomic E-state index is 0.250. The molecular formula is C16H15F2NO5S. The van der Waals surface area contributed by atoms with Gasteiger partial charge in [-0.05, 0) is 36.4 Å². The fraction of sp³-hybridized carbons (Fsp3) is 0.188. The summed E-state index contributed by atoms with van der Waals surface area (Å²) >= 11 is 0. The van der Waals surface area contributed by atoms with Crippen molar-refractivity contribution < 1.29 is 31.5 Å². The van der Waals surface area contributed by atoms with E-state index in [1.54, 1.807) is 6.07 Å². The van der Waals surface area contributed by atoms with E-state index in [1.165, 1.54) is 38.5 Å². The summed E-state index contributed by atoms with van der Waals surface area (Å²) in [6.07, 6.45) is 0. The number of sulfone groups is 1. The van der Waals surface area contributed by atoms with Crippen molar-refractivity contribution >= 4 is 21.4 Å². The zero-order valence-corrected chi connectivity index (χ0v) is 14.1. The maximum atomic E-state index is 12.5. The van der Waals surface area contributed by atoms with Crippen molar-refractivity contribution in [2.75, 3.05) is 19.5 Å². The fourth-order valence-corrected chi connectivity index (χ4v) is 2.69. The molecule has 0 aromatic heterocycles. The van der Waals surface area contributed by atoms with Crippen LogP contribution in [0.15, 0.2) is 47.4 Å². The summed E-state index contributed by atoms with van der Waals surface area (Å²) in [5.74, 6) is -3.16. The second kappa shape index (κ2) is 7.47. The zero-order valence-electron chi connectivity index (χ0n) is 13.3. The van der Waals surface area contributed by atoms with Crippen molar-refractivity contribution in [3.63, 3.8) is 0 Å². The first-order valence-corrected chi connectivity index (χ1v) is 8.49. The topological polar surface area (TPSA) is 81.7 Å². The van der Waals surface area contributed by atoms with E-state index >= 15 is 0 Å². The Labute approximate surface area is 143 Å². The van der Waals surface area contributed by atoms with Crippen LogP contribution < -0.4 is 14.8 Å². The summed E-state index contributed by atoms with van der Waals surface area (Å²) in [6, 6.07) is 9.05. The number of rotatable bonds is 6. The first-order chi connectivity index (χ1) is 11.8. The molecule has 0 heterocycles. The number of halogens is 2. The summed E-state index contributed by atoms with van der Waals surface area (Å²) < 4.78 is 57.9. The van der Waals surface area contributed by atoms with Gasteiger partial charge in [0, 0.05) is 17.3 Å². The smallest absolute Gasteiger partial charge is 0.341 e. The minimum atomic E-state index is -4.67. The average molecular weight is 371 g/mol. The van der Waals surface area contributed by atoms with Crippen LogP contribution in [0.25, 0.3) is 0 Å². The highest BCUT2D eigenvalue weighted by Crippen LogP contribution is 2.24. The first-order valence-electron chi connectivity index (χ1n) is 6.94. The highest BCUT2D eigenvalue weighted by Gasteiger charge is 2.26. The minimum Gasteiger partial charge on any atom is -0.497 e. The molecule has 2 aromatic rings. The molecule has 6 nitrogen and oxygen atoms in total. The Morgan fingerprint density at radius 3 is 1.96 bits per heavy atom. The molecule has 0 spiro atoms. The molecule has 0 aliphatic rings. The molecule has 134 valence electrons. The van der Waals surface area contributed by atoms with Crippen LogP contribution in [-0.4, -0.2) is 34.3 Å². The Kier molecular flexibility index (Phi) is 5.58. The Bertz CT molecular complexity index is 844. The number of carbonyl (C=O) groups is 1. The molecule has 0 saturated carbocycles. The Morgan fingerprint density at radius 1 is 1.00 bits per heavy atom. The molecule has 0 aliphatic carbocycles. The van der Waals surface area contributed by atoms with Gasteiger partial charge < -0.3 is 14.8 Å². The number of hydrogen-bond acceptors (Lipinski definition) is 5. The van der Waals surface area contributed by atoms with E-state index in [0.29, 0.717) is 11.5 Å². The van der Waals surface area contributed by atoms with Crippen LogP contribution in [-0.2, 0) is 9.84 Å². The van der Waals surface area contributed by atoms with Crippen molar-refractivity contribution in [3.05, 3.63) is 48.0 Å². The number of methoxy groups -OCH3 is 2. The third-order valence-corrected chi connectivity index (χ3v) is 4.69. The van der Waals surface area contributed by atoms with Gasteiger partial charge >= 0.3 is 5.76 Å². The Hall–Kier alpha value is -2.68. The number of amides is 1. The van der Waals surface area contributed by atoms with E-state index in [1.807, 2.05) is 0 Å². The molecular weight excluding hydrogens is 356 g/mol. The van der Waals surface area contributed by atoms with Gasteiger partial charge in [-0.2, -0.15) is 8.78 Å². The van der Waals surface area contributed by atoms with Crippen LogP contribution in [0.3, 0.4) is 0 Å². The lowest BCUT2D eigenvalue weighted by Gasteiger charge is -2.10.